The molecule has 0 atom stereocenters. The number of benzene rings is 2. The Kier molecular flexibility index (Phi) is 8.63. The molecule has 0 radical (unpaired) electrons. The van der Waals surface area contributed by atoms with E-state index in [-0.39, 0.29) is 16.6 Å². The fourth-order valence-corrected chi connectivity index (χ4v) is 5.58. The summed E-state index contributed by atoms with van der Waals surface area (Å²) < 4.78 is 106. The molecule has 3 heterocycles. The first-order valence-electron chi connectivity index (χ1n) is 11.6. The Balaban J connectivity index is 0.000000517. The number of halogens is 6. The summed E-state index contributed by atoms with van der Waals surface area (Å²) in [5, 5.41) is 9.01. The predicted octanol–water partition coefficient (Wildman–Crippen LogP) is 6.19. The molecule has 0 amide bonds. The van der Waals surface area contributed by atoms with Gasteiger partial charge in [0.05, 0.1) is 22.7 Å². The number of nitrogens with one attached hydrogen (secondary N) is 1. The van der Waals surface area contributed by atoms with Gasteiger partial charge in [0.15, 0.2) is 5.13 Å². The van der Waals surface area contributed by atoms with Crippen LogP contribution in [0.2, 0.25) is 0 Å². The third-order valence-electron chi connectivity index (χ3n) is 5.61. The molecule has 17 heteroatoms. The van der Waals surface area contributed by atoms with Gasteiger partial charge in [0.1, 0.15) is 12.4 Å². The lowest BCUT2D eigenvalue weighted by molar-refractivity contribution is -0.192. The smallest absolute Gasteiger partial charge is 0.489 e. The van der Waals surface area contributed by atoms with Crippen molar-refractivity contribution in [1.29, 1.82) is 0 Å². The molecule has 2 aromatic heterocycles. The molecule has 2 N–H and O–H groups in total. The third kappa shape index (κ3) is 7.09. The van der Waals surface area contributed by atoms with Gasteiger partial charge in [-0.2, -0.15) is 26.3 Å². The highest BCUT2D eigenvalue weighted by molar-refractivity contribution is 7.93. The van der Waals surface area contributed by atoms with Gasteiger partial charge in [-0.15, -0.1) is 11.3 Å². The van der Waals surface area contributed by atoms with Gasteiger partial charge in [0, 0.05) is 41.3 Å². The molecule has 0 saturated carbocycles. The predicted molar refractivity (Wildman–Crippen MR) is 140 cm³/mol. The van der Waals surface area contributed by atoms with E-state index in [1.807, 2.05) is 4.90 Å². The van der Waals surface area contributed by atoms with E-state index in [1.54, 1.807) is 23.6 Å². The number of anilines is 3. The number of carboxylic acids is 1. The number of thiazole rings is 1. The van der Waals surface area contributed by atoms with Crippen molar-refractivity contribution in [3.63, 3.8) is 0 Å². The number of ether oxygens (including phenoxy) is 1. The first-order chi connectivity index (χ1) is 19.7. The van der Waals surface area contributed by atoms with Crippen LogP contribution in [0.25, 0.3) is 11.1 Å². The molecule has 4 aromatic rings. The highest BCUT2D eigenvalue weighted by atomic mass is 32.2. The van der Waals surface area contributed by atoms with Gasteiger partial charge in [-0.05, 0) is 48.0 Å². The number of pyridine rings is 1. The van der Waals surface area contributed by atoms with Crippen LogP contribution in [0, 0.1) is 0 Å². The van der Waals surface area contributed by atoms with Crippen LogP contribution in [0.5, 0.6) is 5.75 Å². The summed E-state index contributed by atoms with van der Waals surface area (Å²) in [7, 11) is -3.90. The highest BCUT2D eigenvalue weighted by Crippen LogP contribution is 2.44. The number of aromatic nitrogens is 2. The minimum absolute atomic E-state index is 0.0184. The minimum atomic E-state index is -5.08. The number of carboxylic acid groups (broad SMARTS) is 1. The Morgan fingerprint density at radius 1 is 0.976 bits per heavy atom. The number of fused-ring (bicyclic) bond motifs is 1. The lowest BCUT2D eigenvalue weighted by atomic mass is 10.00. The van der Waals surface area contributed by atoms with E-state index in [2.05, 4.69) is 14.7 Å². The summed E-state index contributed by atoms with van der Waals surface area (Å²) in [6, 6.07) is 11.2. The molecule has 1 aliphatic rings. The van der Waals surface area contributed by atoms with Crippen LogP contribution in [0.3, 0.4) is 0 Å². The number of hydrogen-bond acceptors (Lipinski definition) is 8. The van der Waals surface area contributed by atoms with Gasteiger partial charge in [-0.3, -0.25) is 9.71 Å². The summed E-state index contributed by atoms with van der Waals surface area (Å²) in [6.07, 6.45) is -5.07. The molecule has 0 fully saturated rings. The van der Waals surface area contributed by atoms with Crippen molar-refractivity contribution in [2.45, 2.75) is 17.2 Å². The van der Waals surface area contributed by atoms with E-state index >= 15 is 0 Å². The van der Waals surface area contributed by atoms with Crippen molar-refractivity contribution in [3.05, 3.63) is 78.1 Å². The Morgan fingerprint density at radius 3 is 2.24 bits per heavy atom. The average molecular weight is 633 g/mol. The summed E-state index contributed by atoms with van der Waals surface area (Å²) >= 11 is 1.15. The zero-order chi connectivity index (χ0) is 30.7. The largest absolute Gasteiger partial charge is 0.490 e. The molecule has 0 spiro atoms. The van der Waals surface area contributed by atoms with E-state index in [4.69, 9.17) is 14.6 Å². The van der Waals surface area contributed by atoms with Crippen LogP contribution < -0.4 is 14.4 Å². The number of hydrogen-bond donors (Lipinski definition) is 2. The van der Waals surface area contributed by atoms with Gasteiger partial charge in [-0.1, -0.05) is 0 Å². The fourth-order valence-electron chi connectivity index (χ4n) is 3.78. The van der Waals surface area contributed by atoms with Gasteiger partial charge < -0.3 is 14.7 Å². The number of sulfonamides is 1. The minimum Gasteiger partial charge on any atom is -0.489 e. The number of aliphatic carboxylic acids is 1. The summed E-state index contributed by atoms with van der Waals surface area (Å²) in [5.74, 6) is -2.45. The normalized spacial score (nSPS) is 13.3. The van der Waals surface area contributed by atoms with E-state index in [0.717, 1.165) is 23.5 Å². The van der Waals surface area contributed by atoms with Crippen LogP contribution >= 0.6 is 11.3 Å². The van der Waals surface area contributed by atoms with Crippen molar-refractivity contribution in [3.8, 4) is 16.9 Å². The van der Waals surface area contributed by atoms with Crippen molar-refractivity contribution >= 4 is 43.8 Å². The van der Waals surface area contributed by atoms with Crippen molar-refractivity contribution in [1.82, 2.24) is 9.97 Å². The summed E-state index contributed by atoms with van der Waals surface area (Å²) in [6.45, 7) is 0.577. The molecule has 1 aliphatic heterocycles. The maximum absolute atomic E-state index is 13.5. The number of carbonyl (C=O) groups is 1. The van der Waals surface area contributed by atoms with Crippen LogP contribution in [-0.4, -0.2) is 48.8 Å². The monoisotopic (exact) mass is 632 g/mol. The molecule has 222 valence electrons. The highest BCUT2D eigenvalue weighted by Gasteiger charge is 2.38. The lowest BCUT2D eigenvalue weighted by Gasteiger charge is -2.33. The quantitative estimate of drug-likeness (QED) is 0.250. The molecule has 0 unspecified atom stereocenters. The molecule has 9 nitrogen and oxygen atoms in total. The number of nitrogens with zero attached hydrogens (tertiary/aromatic N) is 3. The molecular weight excluding hydrogens is 614 g/mol. The third-order valence-corrected chi connectivity index (χ3v) is 7.76. The standard InChI is InChI=1S/C23H17F3N4O3S2.C2HF3O2/c24-23(25,26)16-1-3-19(18(13-16)15-5-7-27-8-6-15)30-10-11-33-21-14-17(2-4-20(21)30)35(31,32)29-22-28-9-12-34-22;3-2(4,5)1(6)7/h1-9,12-14H,10-11H2,(H,28,29);(H,6,7). The van der Waals surface area contributed by atoms with E-state index in [9.17, 15) is 34.8 Å². The van der Waals surface area contributed by atoms with E-state index in [1.165, 1.54) is 36.8 Å². The molecule has 0 bridgehead atoms. The van der Waals surface area contributed by atoms with E-state index < -0.39 is 33.9 Å². The SMILES string of the molecule is O=C(O)C(F)(F)F.O=S(=O)(Nc1nccs1)c1ccc2c(c1)OCCN2c1ccc(C(F)(F)F)cc1-c1ccncc1. The average Bonchev–Trinajstić information content (AvgIpc) is 3.44. The lowest BCUT2D eigenvalue weighted by Crippen LogP contribution is -2.29. The van der Waals surface area contributed by atoms with Gasteiger partial charge in [0.2, 0.25) is 0 Å². The Hall–Kier alpha value is -4.38. The molecule has 5 rings (SSSR count). The van der Waals surface area contributed by atoms with Gasteiger partial charge in [0.25, 0.3) is 10.0 Å². The number of rotatable bonds is 5. The maximum atomic E-state index is 13.5. The van der Waals surface area contributed by atoms with Gasteiger partial charge >= 0.3 is 18.3 Å². The van der Waals surface area contributed by atoms with Gasteiger partial charge in [-0.25, -0.2) is 18.2 Å². The summed E-state index contributed by atoms with van der Waals surface area (Å²) in [4.78, 5) is 18.6. The van der Waals surface area contributed by atoms with Crippen LogP contribution in [0.1, 0.15) is 5.56 Å². The Morgan fingerprint density at radius 2 is 1.64 bits per heavy atom. The molecule has 2 aromatic carbocycles. The second-order valence-corrected chi connectivity index (χ2v) is 10.9. The summed E-state index contributed by atoms with van der Waals surface area (Å²) in [5.41, 5.74) is 1.25. The molecule has 42 heavy (non-hydrogen) atoms. The fraction of sp³-hybridized carbons (Fsp3) is 0.160. The van der Waals surface area contributed by atoms with Crippen molar-refractivity contribution in [2.24, 2.45) is 0 Å². The Labute approximate surface area is 238 Å². The topological polar surface area (TPSA) is 122 Å². The second-order valence-electron chi connectivity index (χ2n) is 8.34. The van der Waals surface area contributed by atoms with Crippen LogP contribution in [-0.2, 0) is 21.0 Å². The zero-order valence-corrected chi connectivity index (χ0v) is 22.5. The van der Waals surface area contributed by atoms with Crippen molar-refractivity contribution < 1.29 is 49.4 Å². The zero-order valence-electron chi connectivity index (χ0n) is 20.8. The van der Waals surface area contributed by atoms with E-state index in [0.29, 0.717) is 34.8 Å². The molecule has 0 saturated heterocycles. The van der Waals surface area contributed by atoms with Crippen molar-refractivity contribution in [2.75, 3.05) is 22.8 Å². The molecule has 0 aliphatic carbocycles. The first kappa shape index (κ1) is 30.6. The number of alkyl halides is 6. The first-order valence-corrected chi connectivity index (χ1v) is 13.9. The Bertz CT molecular complexity index is 1670. The molecular formula is C25H18F6N4O5S2. The second kappa shape index (κ2) is 11.8. The maximum Gasteiger partial charge on any atom is 0.490 e. The van der Waals surface area contributed by atoms with Crippen LogP contribution in [0.15, 0.2) is 77.4 Å². The van der Waals surface area contributed by atoms with Crippen LogP contribution in [0.4, 0.5) is 42.8 Å².